The Kier molecular flexibility index (Phi) is 10.2. The summed E-state index contributed by atoms with van der Waals surface area (Å²) >= 11 is 0. The van der Waals surface area contributed by atoms with Gasteiger partial charge in [0, 0.05) is 0 Å². The lowest BCUT2D eigenvalue weighted by Crippen LogP contribution is -2.25. The maximum atomic E-state index is 5.73. The smallest absolute Gasteiger partial charge is 0.0721 e. The minimum atomic E-state index is 0.719. The van der Waals surface area contributed by atoms with Gasteiger partial charge in [-0.15, -0.1) is 0 Å². The SMILES string of the molecule is CCC=CCOCc1ccc(C2CCC(C3CCC(C=CCCC)CC3)CC2)cc1. The van der Waals surface area contributed by atoms with Gasteiger partial charge < -0.3 is 4.74 Å². The molecule has 0 radical (unpaired) electrons. The van der Waals surface area contributed by atoms with Gasteiger partial charge in [0.05, 0.1) is 13.2 Å². The van der Waals surface area contributed by atoms with Gasteiger partial charge in [-0.1, -0.05) is 68.8 Å². The maximum Gasteiger partial charge on any atom is 0.0721 e. The second-order valence-electron chi connectivity index (χ2n) is 9.64. The summed E-state index contributed by atoms with van der Waals surface area (Å²) in [5.74, 6) is 3.64. The zero-order chi connectivity index (χ0) is 21.0. The van der Waals surface area contributed by atoms with Crippen LogP contribution in [-0.2, 0) is 11.3 Å². The quantitative estimate of drug-likeness (QED) is 0.278. The van der Waals surface area contributed by atoms with Gasteiger partial charge in [-0.25, -0.2) is 0 Å². The Morgan fingerprint density at radius 1 is 0.800 bits per heavy atom. The molecule has 1 nitrogen and oxygen atoms in total. The van der Waals surface area contributed by atoms with Gasteiger partial charge in [-0.05, 0) is 99.0 Å². The van der Waals surface area contributed by atoms with E-state index in [2.05, 4.69) is 62.4 Å². The molecular formula is C29H44O. The molecule has 1 heteroatoms. The van der Waals surface area contributed by atoms with Gasteiger partial charge in [-0.2, -0.15) is 0 Å². The first-order chi connectivity index (χ1) is 14.8. The third kappa shape index (κ3) is 7.41. The molecule has 0 saturated heterocycles. The first-order valence-corrected chi connectivity index (χ1v) is 12.8. The van der Waals surface area contributed by atoms with Crippen molar-refractivity contribution in [3.05, 3.63) is 59.7 Å². The molecule has 1 aromatic carbocycles. The molecule has 0 atom stereocenters. The Bertz CT molecular complexity index is 625. The van der Waals surface area contributed by atoms with Crippen LogP contribution in [0.25, 0.3) is 0 Å². The van der Waals surface area contributed by atoms with Crippen molar-refractivity contribution >= 4 is 0 Å². The predicted octanol–water partition coefficient (Wildman–Crippen LogP) is 8.61. The van der Waals surface area contributed by atoms with Gasteiger partial charge in [0.1, 0.15) is 0 Å². The summed E-state index contributed by atoms with van der Waals surface area (Å²) in [6.45, 7) is 5.86. The van der Waals surface area contributed by atoms with Gasteiger partial charge in [-0.3, -0.25) is 0 Å². The van der Waals surface area contributed by atoms with Gasteiger partial charge in [0.15, 0.2) is 0 Å². The van der Waals surface area contributed by atoms with E-state index in [1.54, 1.807) is 5.56 Å². The van der Waals surface area contributed by atoms with E-state index in [0.29, 0.717) is 0 Å². The van der Waals surface area contributed by atoms with Crippen LogP contribution in [0.2, 0.25) is 0 Å². The van der Waals surface area contributed by atoms with Gasteiger partial charge in [0.25, 0.3) is 0 Å². The van der Waals surface area contributed by atoms with Crippen LogP contribution in [0.1, 0.15) is 102 Å². The Morgan fingerprint density at radius 3 is 2.10 bits per heavy atom. The molecule has 1 aromatic rings. The predicted molar refractivity (Wildman–Crippen MR) is 130 cm³/mol. The van der Waals surface area contributed by atoms with Crippen molar-refractivity contribution in [2.24, 2.45) is 17.8 Å². The van der Waals surface area contributed by atoms with Crippen molar-refractivity contribution in [2.45, 2.75) is 97.0 Å². The Hall–Kier alpha value is -1.34. The Labute approximate surface area is 186 Å². The van der Waals surface area contributed by atoms with E-state index >= 15 is 0 Å². The van der Waals surface area contributed by atoms with Crippen LogP contribution in [0.5, 0.6) is 0 Å². The number of benzene rings is 1. The molecule has 0 amide bonds. The highest BCUT2D eigenvalue weighted by molar-refractivity contribution is 5.25. The van der Waals surface area contributed by atoms with E-state index in [-0.39, 0.29) is 0 Å². The van der Waals surface area contributed by atoms with E-state index in [0.717, 1.165) is 43.3 Å². The van der Waals surface area contributed by atoms with Gasteiger partial charge in [0.2, 0.25) is 0 Å². The molecule has 2 saturated carbocycles. The van der Waals surface area contributed by atoms with Crippen molar-refractivity contribution in [2.75, 3.05) is 6.61 Å². The number of rotatable bonds is 10. The first kappa shape index (κ1) is 23.3. The summed E-state index contributed by atoms with van der Waals surface area (Å²) in [5.41, 5.74) is 2.84. The number of unbranched alkanes of at least 4 members (excludes halogenated alkanes) is 1. The third-order valence-corrected chi connectivity index (χ3v) is 7.45. The number of allylic oxidation sites excluding steroid dienone is 3. The normalized spacial score (nSPS) is 27.8. The van der Waals surface area contributed by atoms with E-state index in [1.165, 1.54) is 69.8 Å². The van der Waals surface area contributed by atoms with Crippen molar-refractivity contribution in [1.29, 1.82) is 0 Å². The van der Waals surface area contributed by atoms with Crippen molar-refractivity contribution in [3.8, 4) is 0 Å². The lowest BCUT2D eigenvalue weighted by Gasteiger charge is -2.37. The molecule has 0 bridgehead atoms. The molecule has 3 rings (SSSR count). The van der Waals surface area contributed by atoms with Crippen LogP contribution < -0.4 is 0 Å². The fourth-order valence-electron chi connectivity index (χ4n) is 5.55. The molecule has 166 valence electrons. The molecule has 30 heavy (non-hydrogen) atoms. The fourth-order valence-corrected chi connectivity index (χ4v) is 5.55. The van der Waals surface area contributed by atoms with Crippen LogP contribution in [0, 0.1) is 17.8 Å². The highest BCUT2D eigenvalue weighted by Gasteiger charge is 2.30. The number of hydrogen-bond acceptors (Lipinski definition) is 1. The van der Waals surface area contributed by atoms with Crippen molar-refractivity contribution in [1.82, 2.24) is 0 Å². The van der Waals surface area contributed by atoms with Gasteiger partial charge >= 0.3 is 0 Å². The number of ether oxygens (including phenoxy) is 1. The summed E-state index contributed by atoms with van der Waals surface area (Å²) in [6.07, 6.45) is 24.3. The second kappa shape index (κ2) is 13.2. The van der Waals surface area contributed by atoms with E-state index < -0.39 is 0 Å². The van der Waals surface area contributed by atoms with E-state index in [9.17, 15) is 0 Å². The standard InChI is InChI=1S/C29H44O/c1-3-5-7-9-24-10-14-26(15-11-24)28-18-20-29(21-19-28)27-16-12-25(13-17-27)23-30-22-8-6-4-2/h6-9,12-13,16-17,24,26,28-29H,3-5,10-11,14-15,18-23H2,1-2H3. The first-order valence-electron chi connectivity index (χ1n) is 12.8. The Balaban J connectivity index is 1.37. The lowest BCUT2D eigenvalue weighted by atomic mass is 9.68. The second-order valence-corrected chi connectivity index (χ2v) is 9.64. The molecule has 0 heterocycles. The molecule has 2 fully saturated rings. The van der Waals surface area contributed by atoms with Crippen LogP contribution in [0.15, 0.2) is 48.6 Å². The molecule has 0 unspecified atom stereocenters. The minimum absolute atomic E-state index is 0.719. The average Bonchev–Trinajstić information content (AvgIpc) is 2.80. The van der Waals surface area contributed by atoms with E-state index in [4.69, 9.17) is 4.74 Å². The Morgan fingerprint density at radius 2 is 1.47 bits per heavy atom. The summed E-state index contributed by atoms with van der Waals surface area (Å²) in [5, 5.41) is 0. The molecule has 0 N–H and O–H groups in total. The largest absolute Gasteiger partial charge is 0.373 e. The fraction of sp³-hybridized carbons (Fsp3) is 0.655. The third-order valence-electron chi connectivity index (χ3n) is 7.45. The van der Waals surface area contributed by atoms with Crippen LogP contribution in [-0.4, -0.2) is 6.61 Å². The molecule has 2 aliphatic rings. The minimum Gasteiger partial charge on any atom is -0.373 e. The lowest BCUT2D eigenvalue weighted by molar-refractivity contribution is 0.148. The monoisotopic (exact) mass is 408 g/mol. The highest BCUT2D eigenvalue weighted by Crippen LogP contribution is 2.44. The van der Waals surface area contributed by atoms with Crippen LogP contribution in [0.4, 0.5) is 0 Å². The van der Waals surface area contributed by atoms with Crippen LogP contribution in [0.3, 0.4) is 0 Å². The molecular weight excluding hydrogens is 364 g/mol. The van der Waals surface area contributed by atoms with E-state index in [1.807, 2.05) is 0 Å². The zero-order valence-corrected chi connectivity index (χ0v) is 19.5. The van der Waals surface area contributed by atoms with Crippen molar-refractivity contribution in [3.63, 3.8) is 0 Å². The topological polar surface area (TPSA) is 9.23 Å². The summed E-state index contributed by atoms with van der Waals surface area (Å²) < 4.78 is 5.73. The average molecular weight is 409 g/mol. The number of hydrogen-bond donors (Lipinski definition) is 0. The maximum absolute atomic E-state index is 5.73. The molecule has 0 spiro atoms. The van der Waals surface area contributed by atoms with Crippen molar-refractivity contribution < 1.29 is 4.74 Å². The summed E-state index contributed by atoms with van der Waals surface area (Å²) in [6, 6.07) is 9.27. The summed E-state index contributed by atoms with van der Waals surface area (Å²) in [7, 11) is 0. The summed E-state index contributed by atoms with van der Waals surface area (Å²) in [4.78, 5) is 0. The molecule has 0 aliphatic heterocycles. The highest BCUT2D eigenvalue weighted by atomic mass is 16.5. The molecule has 0 aromatic heterocycles. The zero-order valence-electron chi connectivity index (χ0n) is 19.5. The van der Waals surface area contributed by atoms with Crippen LogP contribution >= 0.6 is 0 Å². The molecule has 2 aliphatic carbocycles.